The summed E-state index contributed by atoms with van der Waals surface area (Å²) in [6, 6.07) is 2.95. The largest absolute Gasteiger partial charge is 0.346 e. The van der Waals surface area contributed by atoms with Gasteiger partial charge in [-0.1, -0.05) is 6.92 Å². The lowest BCUT2D eigenvalue weighted by Crippen LogP contribution is -2.26. The van der Waals surface area contributed by atoms with Gasteiger partial charge >= 0.3 is 0 Å². The van der Waals surface area contributed by atoms with Crippen LogP contribution in [-0.4, -0.2) is 21.1 Å². The Morgan fingerprint density at radius 2 is 2.24 bits per heavy atom. The highest BCUT2D eigenvalue weighted by molar-refractivity contribution is 5.95. The monoisotopic (exact) mass is 286 g/mol. The molecule has 0 bridgehead atoms. The Morgan fingerprint density at radius 3 is 3.05 bits per heavy atom. The van der Waals surface area contributed by atoms with E-state index in [4.69, 9.17) is 0 Å². The first-order valence-corrected chi connectivity index (χ1v) is 7.24. The molecule has 1 aliphatic carbocycles. The van der Waals surface area contributed by atoms with E-state index in [9.17, 15) is 9.59 Å². The highest BCUT2D eigenvalue weighted by atomic mass is 16.1. The number of aromatic amines is 2. The van der Waals surface area contributed by atoms with E-state index in [1.807, 2.05) is 6.92 Å². The number of aromatic nitrogens is 3. The van der Waals surface area contributed by atoms with Crippen molar-refractivity contribution in [2.75, 3.05) is 0 Å². The smallest absolute Gasteiger partial charge is 0.253 e. The number of aryl methyl sites for hydroxylation is 2. The first kappa shape index (κ1) is 13.6. The molecule has 0 radical (unpaired) electrons. The maximum atomic E-state index is 12.3. The summed E-state index contributed by atoms with van der Waals surface area (Å²) in [6.45, 7) is 2.32. The molecule has 0 saturated heterocycles. The van der Waals surface area contributed by atoms with Gasteiger partial charge in [0.05, 0.1) is 17.8 Å². The molecule has 0 aromatic carbocycles. The number of carbonyl (C=O) groups excluding carboxylic acids is 1. The second-order valence-corrected chi connectivity index (χ2v) is 5.23. The average molecular weight is 286 g/mol. The lowest BCUT2D eigenvalue weighted by molar-refractivity contribution is 0.0949. The molecule has 0 saturated carbocycles. The van der Waals surface area contributed by atoms with Gasteiger partial charge in [0.2, 0.25) is 5.56 Å². The number of nitrogens with one attached hydrogen (secondary N) is 3. The van der Waals surface area contributed by atoms with Crippen LogP contribution < -0.4 is 10.9 Å². The molecule has 6 heteroatoms. The average Bonchev–Trinajstić information content (AvgIpc) is 3.08. The number of hydrogen-bond acceptors (Lipinski definition) is 3. The van der Waals surface area contributed by atoms with E-state index in [-0.39, 0.29) is 11.5 Å². The Balaban J connectivity index is 1.73. The van der Waals surface area contributed by atoms with Crippen LogP contribution in [0.1, 0.15) is 46.3 Å². The molecule has 0 unspecified atom stereocenters. The minimum absolute atomic E-state index is 0.183. The van der Waals surface area contributed by atoms with Gasteiger partial charge in [-0.25, -0.2) is 0 Å². The van der Waals surface area contributed by atoms with Gasteiger partial charge < -0.3 is 10.3 Å². The zero-order valence-corrected chi connectivity index (χ0v) is 12.0. The summed E-state index contributed by atoms with van der Waals surface area (Å²) in [5.41, 5.74) is 4.34. The van der Waals surface area contributed by atoms with E-state index in [1.54, 1.807) is 6.07 Å². The van der Waals surface area contributed by atoms with E-state index in [0.29, 0.717) is 24.2 Å². The summed E-state index contributed by atoms with van der Waals surface area (Å²) in [5, 5.41) is 10.2. The molecule has 21 heavy (non-hydrogen) atoms. The van der Waals surface area contributed by atoms with Gasteiger partial charge in [-0.3, -0.25) is 14.7 Å². The molecule has 2 aromatic rings. The lowest BCUT2D eigenvalue weighted by Gasteiger charge is -2.08. The van der Waals surface area contributed by atoms with Gasteiger partial charge in [0.15, 0.2) is 0 Å². The number of amides is 1. The van der Waals surface area contributed by atoms with Crippen molar-refractivity contribution >= 4 is 5.91 Å². The number of nitrogens with zero attached hydrogens (tertiary/aromatic N) is 1. The highest BCUT2D eigenvalue weighted by Crippen LogP contribution is 2.22. The Labute approximate surface area is 122 Å². The van der Waals surface area contributed by atoms with E-state index < -0.39 is 0 Å². The minimum Gasteiger partial charge on any atom is -0.346 e. The van der Waals surface area contributed by atoms with Crippen LogP contribution >= 0.6 is 0 Å². The molecule has 0 fully saturated rings. The van der Waals surface area contributed by atoms with E-state index in [1.165, 1.54) is 17.3 Å². The lowest BCUT2D eigenvalue weighted by atomic mass is 10.1. The summed E-state index contributed by atoms with van der Waals surface area (Å²) >= 11 is 0. The molecule has 0 spiro atoms. The molecule has 2 aromatic heterocycles. The maximum Gasteiger partial charge on any atom is 0.253 e. The molecule has 6 nitrogen and oxygen atoms in total. The summed E-state index contributed by atoms with van der Waals surface area (Å²) in [7, 11) is 0. The van der Waals surface area contributed by atoms with Crippen molar-refractivity contribution < 1.29 is 4.79 Å². The predicted molar refractivity (Wildman–Crippen MR) is 78.2 cm³/mol. The van der Waals surface area contributed by atoms with Crippen LogP contribution in [0, 0.1) is 0 Å². The standard InChI is InChI=1S/C15H18N4O2/c1-2-11-10(6-7-14(20)17-11)15(21)16-8-13-9-4-3-5-12(9)18-19-13/h6-7H,2-5,8H2,1H3,(H,16,21)(H,17,20)(H,18,19). The minimum atomic E-state index is -0.187. The molecule has 3 N–H and O–H groups in total. The SMILES string of the molecule is CCc1[nH]c(=O)ccc1C(=O)NCc1n[nH]c2c1CCC2. The fourth-order valence-electron chi connectivity index (χ4n) is 2.80. The van der Waals surface area contributed by atoms with E-state index in [0.717, 1.165) is 25.0 Å². The highest BCUT2D eigenvalue weighted by Gasteiger charge is 2.19. The Hall–Kier alpha value is -2.37. The summed E-state index contributed by atoms with van der Waals surface area (Å²) in [5.74, 6) is -0.183. The molecule has 110 valence electrons. The second kappa shape index (κ2) is 5.55. The van der Waals surface area contributed by atoms with Crippen molar-refractivity contribution in [3.63, 3.8) is 0 Å². The third kappa shape index (κ3) is 2.61. The van der Waals surface area contributed by atoms with E-state index in [2.05, 4.69) is 20.5 Å². The number of hydrogen-bond donors (Lipinski definition) is 3. The number of rotatable bonds is 4. The van der Waals surface area contributed by atoms with Crippen LogP contribution in [0.3, 0.4) is 0 Å². The van der Waals surface area contributed by atoms with E-state index >= 15 is 0 Å². The van der Waals surface area contributed by atoms with Crippen molar-refractivity contribution in [1.82, 2.24) is 20.5 Å². The Morgan fingerprint density at radius 1 is 1.38 bits per heavy atom. The van der Waals surface area contributed by atoms with Crippen LogP contribution in [0.25, 0.3) is 0 Å². The van der Waals surface area contributed by atoms with Crippen LogP contribution in [-0.2, 0) is 25.8 Å². The predicted octanol–water partition coefficient (Wildman–Crippen LogP) is 1.08. The number of fused-ring (bicyclic) bond motifs is 1. The molecule has 1 amide bonds. The quantitative estimate of drug-likeness (QED) is 0.785. The molecule has 2 heterocycles. The van der Waals surface area contributed by atoms with Gasteiger partial charge in [0.25, 0.3) is 5.91 Å². The van der Waals surface area contributed by atoms with Crippen molar-refractivity contribution in [2.24, 2.45) is 0 Å². The Bertz CT molecular complexity index is 730. The summed E-state index contributed by atoms with van der Waals surface area (Å²) in [4.78, 5) is 26.3. The van der Waals surface area contributed by atoms with Crippen molar-refractivity contribution in [2.45, 2.75) is 39.2 Å². The molecule has 0 aliphatic heterocycles. The van der Waals surface area contributed by atoms with Crippen molar-refractivity contribution in [3.05, 3.63) is 50.7 Å². The fourth-order valence-corrected chi connectivity index (χ4v) is 2.80. The molecule has 1 aliphatic rings. The first-order valence-electron chi connectivity index (χ1n) is 7.24. The summed E-state index contributed by atoms with van der Waals surface area (Å²) < 4.78 is 0. The van der Waals surface area contributed by atoms with Crippen molar-refractivity contribution in [3.8, 4) is 0 Å². The van der Waals surface area contributed by atoms with Gasteiger partial charge in [-0.15, -0.1) is 0 Å². The number of carbonyl (C=O) groups is 1. The molecular formula is C15H18N4O2. The molecular weight excluding hydrogens is 268 g/mol. The Kier molecular flexibility index (Phi) is 3.60. The number of H-pyrrole nitrogens is 2. The molecule has 3 rings (SSSR count). The first-order chi connectivity index (χ1) is 10.2. The fraction of sp³-hybridized carbons (Fsp3) is 0.400. The van der Waals surface area contributed by atoms with Crippen LogP contribution in [0.5, 0.6) is 0 Å². The van der Waals surface area contributed by atoms with Crippen LogP contribution in [0.4, 0.5) is 0 Å². The van der Waals surface area contributed by atoms with Gasteiger partial charge in [-0.2, -0.15) is 5.10 Å². The van der Waals surface area contributed by atoms with Crippen LogP contribution in [0.2, 0.25) is 0 Å². The van der Waals surface area contributed by atoms with Gasteiger partial charge in [-0.05, 0) is 37.3 Å². The second-order valence-electron chi connectivity index (χ2n) is 5.23. The topological polar surface area (TPSA) is 90.6 Å². The van der Waals surface area contributed by atoms with Crippen molar-refractivity contribution in [1.29, 1.82) is 0 Å². The molecule has 0 atom stereocenters. The summed E-state index contributed by atoms with van der Waals surface area (Å²) in [6.07, 6.45) is 3.81. The van der Waals surface area contributed by atoms with Crippen LogP contribution in [0.15, 0.2) is 16.9 Å². The zero-order chi connectivity index (χ0) is 14.8. The normalized spacial score (nSPS) is 13.2. The third-order valence-electron chi connectivity index (χ3n) is 3.91. The zero-order valence-electron chi connectivity index (χ0n) is 12.0. The van der Waals surface area contributed by atoms with Gasteiger partial charge in [0, 0.05) is 17.5 Å². The number of pyridine rings is 1. The third-order valence-corrected chi connectivity index (χ3v) is 3.91. The van der Waals surface area contributed by atoms with Gasteiger partial charge in [0.1, 0.15) is 0 Å². The maximum absolute atomic E-state index is 12.3.